The van der Waals surface area contributed by atoms with E-state index in [1.807, 2.05) is 52.0 Å². The van der Waals surface area contributed by atoms with Crippen molar-refractivity contribution < 1.29 is 19.2 Å². The molecule has 0 radical (unpaired) electrons. The van der Waals surface area contributed by atoms with Crippen LogP contribution in [0, 0.1) is 12.3 Å². The van der Waals surface area contributed by atoms with E-state index in [9.17, 15) is 19.2 Å². The number of anilines is 2. The molecule has 0 aromatic heterocycles. The molecule has 7 nitrogen and oxygen atoms in total. The van der Waals surface area contributed by atoms with E-state index >= 15 is 0 Å². The SMILES string of the molecule is CC(=O)Nc1ccc(N2C(=O)CC(N(Cc3ccc(C)cc3)C(=O)CC(C)(C)C)C2=O)cc1. The average molecular weight is 450 g/mol. The summed E-state index contributed by atoms with van der Waals surface area (Å²) in [4.78, 5) is 53.4. The summed E-state index contributed by atoms with van der Waals surface area (Å²) in [6.45, 7) is 9.57. The maximum absolute atomic E-state index is 13.4. The number of aryl methyl sites for hydroxylation is 1. The molecule has 174 valence electrons. The Morgan fingerprint density at radius 3 is 2.18 bits per heavy atom. The highest BCUT2D eigenvalue weighted by atomic mass is 16.2. The van der Waals surface area contributed by atoms with Crippen molar-refractivity contribution in [1.82, 2.24) is 4.90 Å². The van der Waals surface area contributed by atoms with E-state index in [2.05, 4.69) is 5.32 Å². The van der Waals surface area contributed by atoms with Gasteiger partial charge in [-0.15, -0.1) is 0 Å². The van der Waals surface area contributed by atoms with Crippen molar-refractivity contribution in [3.8, 4) is 0 Å². The van der Waals surface area contributed by atoms with Gasteiger partial charge in [0, 0.05) is 25.6 Å². The zero-order valence-electron chi connectivity index (χ0n) is 19.8. The summed E-state index contributed by atoms with van der Waals surface area (Å²) in [5, 5.41) is 2.66. The Balaban J connectivity index is 1.87. The second-order valence-electron chi connectivity index (χ2n) is 9.76. The number of rotatable bonds is 6. The fraction of sp³-hybridized carbons (Fsp3) is 0.385. The van der Waals surface area contributed by atoms with E-state index in [0.717, 1.165) is 16.0 Å². The number of benzene rings is 2. The summed E-state index contributed by atoms with van der Waals surface area (Å²) < 4.78 is 0. The molecule has 1 heterocycles. The van der Waals surface area contributed by atoms with E-state index in [0.29, 0.717) is 11.4 Å². The van der Waals surface area contributed by atoms with Crippen molar-refractivity contribution in [1.29, 1.82) is 0 Å². The number of nitrogens with one attached hydrogen (secondary N) is 1. The minimum Gasteiger partial charge on any atom is -0.326 e. The second-order valence-corrected chi connectivity index (χ2v) is 9.76. The molecule has 7 heteroatoms. The Morgan fingerprint density at radius 1 is 1.03 bits per heavy atom. The summed E-state index contributed by atoms with van der Waals surface area (Å²) in [6, 6.07) is 13.5. The van der Waals surface area contributed by atoms with Gasteiger partial charge in [-0.2, -0.15) is 0 Å². The predicted octanol–water partition coefficient (Wildman–Crippen LogP) is 4.05. The highest BCUT2D eigenvalue weighted by molar-refractivity contribution is 6.23. The summed E-state index contributed by atoms with van der Waals surface area (Å²) >= 11 is 0. The lowest BCUT2D eigenvalue weighted by atomic mass is 9.91. The van der Waals surface area contributed by atoms with E-state index in [1.165, 1.54) is 6.92 Å². The fourth-order valence-corrected chi connectivity index (χ4v) is 3.85. The molecule has 0 spiro atoms. The third-order valence-corrected chi connectivity index (χ3v) is 5.42. The first kappa shape index (κ1) is 24.2. The quantitative estimate of drug-likeness (QED) is 0.674. The van der Waals surface area contributed by atoms with Crippen LogP contribution in [0.15, 0.2) is 48.5 Å². The van der Waals surface area contributed by atoms with E-state index < -0.39 is 11.9 Å². The number of hydrogen-bond donors (Lipinski definition) is 1. The number of hydrogen-bond acceptors (Lipinski definition) is 4. The van der Waals surface area contributed by atoms with Crippen LogP contribution in [0.3, 0.4) is 0 Å². The third kappa shape index (κ3) is 6.06. The molecule has 1 atom stereocenters. The van der Waals surface area contributed by atoms with Gasteiger partial charge < -0.3 is 10.2 Å². The van der Waals surface area contributed by atoms with Crippen LogP contribution in [-0.2, 0) is 25.7 Å². The monoisotopic (exact) mass is 449 g/mol. The van der Waals surface area contributed by atoms with Gasteiger partial charge in [0.25, 0.3) is 5.91 Å². The molecule has 1 unspecified atom stereocenters. The van der Waals surface area contributed by atoms with Crippen LogP contribution < -0.4 is 10.2 Å². The maximum atomic E-state index is 13.4. The van der Waals surface area contributed by atoms with Crippen molar-refractivity contribution in [2.75, 3.05) is 10.2 Å². The first-order valence-electron chi connectivity index (χ1n) is 11.0. The van der Waals surface area contributed by atoms with Crippen LogP contribution in [0.5, 0.6) is 0 Å². The molecule has 1 aliphatic heterocycles. The van der Waals surface area contributed by atoms with Crippen LogP contribution in [0.2, 0.25) is 0 Å². The zero-order valence-corrected chi connectivity index (χ0v) is 19.8. The first-order chi connectivity index (χ1) is 15.4. The van der Waals surface area contributed by atoms with Gasteiger partial charge in [0.05, 0.1) is 12.1 Å². The molecule has 2 aromatic carbocycles. The molecule has 4 amide bonds. The van der Waals surface area contributed by atoms with Gasteiger partial charge >= 0.3 is 0 Å². The Labute approximate surface area is 194 Å². The average Bonchev–Trinajstić information content (AvgIpc) is 3.00. The van der Waals surface area contributed by atoms with Crippen molar-refractivity contribution in [2.45, 2.75) is 60.0 Å². The number of amides is 4. The van der Waals surface area contributed by atoms with E-state index in [1.54, 1.807) is 29.2 Å². The molecule has 33 heavy (non-hydrogen) atoms. The van der Waals surface area contributed by atoms with Crippen LogP contribution in [-0.4, -0.2) is 34.6 Å². The van der Waals surface area contributed by atoms with Crippen LogP contribution in [0.25, 0.3) is 0 Å². The van der Waals surface area contributed by atoms with Gasteiger partial charge in [-0.25, -0.2) is 4.90 Å². The minimum atomic E-state index is -0.858. The molecule has 0 saturated carbocycles. The predicted molar refractivity (Wildman–Crippen MR) is 127 cm³/mol. The lowest BCUT2D eigenvalue weighted by molar-refractivity contribution is -0.140. The lowest BCUT2D eigenvalue weighted by Gasteiger charge is -2.30. The Morgan fingerprint density at radius 2 is 1.64 bits per heavy atom. The fourth-order valence-electron chi connectivity index (χ4n) is 3.85. The summed E-state index contributed by atoms with van der Waals surface area (Å²) in [5.41, 5.74) is 2.74. The van der Waals surface area contributed by atoms with Gasteiger partial charge in [-0.05, 0) is 42.2 Å². The van der Waals surface area contributed by atoms with E-state index in [4.69, 9.17) is 0 Å². The number of carbonyl (C=O) groups is 4. The summed E-state index contributed by atoms with van der Waals surface area (Å²) in [7, 11) is 0. The molecule has 3 rings (SSSR count). The highest BCUT2D eigenvalue weighted by Gasteiger charge is 2.44. The smallest absolute Gasteiger partial charge is 0.257 e. The lowest BCUT2D eigenvalue weighted by Crippen LogP contribution is -2.46. The van der Waals surface area contributed by atoms with Crippen molar-refractivity contribution in [2.24, 2.45) is 5.41 Å². The molecule has 2 aromatic rings. The van der Waals surface area contributed by atoms with Gasteiger partial charge in [0.2, 0.25) is 17.7 Å². The Hall–Kier alpha value is -3.48. The molecule has 1 N–H and O–H groups in total. The van der Waals surface area contributed by atoms with Gasteiger partial charge in [0.1, 0.15) is 6.04 Å². The number of nitrogens with zero attached hydrogens (tertiary/aromatic N) is 2. The largest absolute Gasteiger partial charge is 0.326 e. The van der Waals surface area contributed by atoms with Crippen molar-refractivity contribution in [3.05, 3.63) is 59.7 Å². The second kappa shape index (κ2) is 9.57. The molecular formula is C26H31N3O4. The van der Waals surface area contributed by atoms with Crippen molar-refractivity contribution >= 4 is 35.0 Å². The van der Waals surface area contributed by atoms with Gasteiger partial charge in [-0.3, -0.25) is 19.2 Å². The van der Waals surface area contributed by atoms with Gasteiger partial charge in [-0.1, -0.05) is 50.6 Å². The van der Waals surface area contributed by atoms with Gasteiger partial charge in [0.15, 0.2) is 0 Å². The molecule has 1 fully saturated rings. The molecule has 0 aliphatic carbocycles. The van der Waals surface area contributed by atoms with Crippen molar-refractivity contribution in [3.63, 3.8) is 0 Å². The topological polar surface area (TPSA) is 86.8 Å². The molecule has 1 aliphatic rings. The summed E-state index contributed by atoms with van der Waals surface area (Å²) in [5.74, 6) is -1.13. The molecule has 1 saturated heterocycles. The molecular weight excluding hydrogens is 418 g/mol. The standard InChI is InChI=1S/C26H31N3O4/c1-17-6-8-19(9-7-17)16-28(24(32)15-26(3,4)5)22-14-23(31)29(25(22)33)21-12-10-20(11-13-21)27-18(2)30/h6-13,22H,14-16H2,1-5H3,(H,27,30). The maximum Gasteiger partial charge on any atom is 0.257 e. The zero-order chi connectivity index (χ0) is 24.3. The van der Waals surface area contributed by atoms with Crippen LogP contribution in [0.1, 0.15) is 51.7 Å². The van der Waals surface area contributed by atoms with Crippen LogP contribution in [0.4, 0.5) is 11.4 Å². The Kier molecular flexibility index (Phi) is 7.01. The minimum absolute atomic E-state index is 0.0615. The van der Waals surface area contributed by atoms with Crippen LogP contribution >= 0.6 is 0 Å². The summed E-state index contributed by atoms with van der Waals surface area (Å²) in [6.07, 6.45) is 0.205. The number of imide groups is 1. The normalized spacial score (nSPS) is 16.2. The van der Waals surface area contributed by atoms with E-state index in [-0.39, 0.29) is 42.5 Å². The Bertz CT molecular complexity index is 1050. The third-order valence-electron chi connectivity index (χ3n) is 5.42. The molecule has 0 bridgehead atoms. The first-order valence-corrected chi connectivity index (χ1v) is 11.0. The number of carbonyl (C=O) groups excluding carboxylic acids is 4. The highest BCUT2D eigenvalue weighted by Crippen LogP contribution is 2.30.